The van der Waals surface area contributed by atoms with Crippen LogP contribution in [0.25, 0.3) is 0 Å². The van der Waals surface area contributed by atoms with Gasteiger partial charge in [0.25, 0.3) is 6.35 Å². The Morgan fingerprint density at radius 3 is 2.75 bits per heavy atom. The number of hydrazone groups is 1. The van der Waals surface area contributed by atoms with Crippen LogP contribution in [0.2, 0.25) is 0 Å². The number of aromatic hydroxyl groups is 1. The molecule has 2 aromatic carbocycles. The zero-order chi connectivity index (χ0) is 13.5. The van der Waals surface area contributed by atoms with Gasteiger partial charge in [-0.05, 0) is 24.3 Å². The van der Waals surface area contributed by atoms with Gasteiger partial charge in [-0.2, -0.15) is 0 Å². The van der Waals surface area contributed by atoms with Crippen molar-refractivity contribution in [2.24, 2.45) is 10.1 Å². The molecule has 5 nitrogen and oxygen atoms in total. The van der Waals surface area contributed by atoms with Gasteiger partial charge in [0.05, 0.1) is 11.3 Å². The van der Waals surface area contributed by atoms with Crippen LogP contribution in [0.5, 0.6) is 5.75 Å². The zero-order valence-corrected chi connectivity index (χ0v) is 10.5. The van der Waals surface area contributed by atoms with E-state index >= 15 is 0 Å². The lowest BCUT2D eigenvalue weighted by molar-refractivity contribution is 0.223. The number of nitrogens with zero attached hydrogens (tertiary/aromatic N) is 3. The SMILES string of the molecule is Oc1cccc2c1C=NC1OC(c3ccccc3)=NN21. The summed E-state index contributed by atoms with van der Waals surface area (Å²) in [5.74, 6) is 0.719. The van der Waals surface area contributed by atoms with Gasteiger partial charge in [-0.15, -0.1) is 5.10 Å². The van der Waals surface area contributed by atoms with Gasteiger partial charge in [0, 0.05) is 11.8 Å². The second-order valence-electron chi connectivity index (χ2n) is 4.55. The van der Waals surface area contributed by atoms with Crippen LogP contribution < -0.4 is 5.01 Å². The molecule has 0 bridgehead atoms. The van der Waals surface area contributed by atoms with Crippen molar-refractivity contribution in [2.75, 3.05) is 5.01 Å². The predicted octanol–water partition coefficient (Wildman–Crippen LogP) is 2.31. The number of phenols is 1. The van der Waals surface area contributed by atoms with E-state index in [9.17, 15) is 5.11 Å². The lowest BCUT2D eigenvalue weighted by Gasteiger charge is -2.24. The highest BCUT2D eigenvalue weighted by Crippen LogP contribution is 2.35. The molecule has 0 amide bonds. The molecule has 98 valence electrons. The summed E-state index contributed by atoms with van der Waals surface area (Å²) < 4.78 is 5.74. The number of anilines is 1. The molecule has 0 spiro atoms. The molecule has 5 heteroatoms. The molecule has 0 fully saturated rings. The first kappa shape index (κ1) is 11.0. The second kappa shape index (κ2) is 4.09. The molecular formula is C15H11N3O2. The van der Waals surface area contributed by atoms with Gasteiger partial charge in [-0.3, -0.25) is 0 Å². The average Bonchev–Trinajstić information content (AvgIpc) is 2.93. The molecule has 0 saturated heterocycles. The molecular weight excluding hydrogens is 254 g/mol. The van der Waals surface area contributed by atoms with Crippen LogP contribution in [0.15, 0.2) is 58.6 Å². The van der Waals surface area contributed by atoms with Crippen molar-refractivity contribution < 1.29 is 9.84 Å². The first-order valence-corrected chi connectivity index (χ1v) is 6.28. The number of ether oxygens (including phenoxy) is 1. The molecule has 1 unspecified atom stereocenters. The van der Waals surface area contributed by atoms with Crippen LogP contribution in [0, 0.1) is 0 Å². The van der Waals surface area contributed by atoms with Gasteiger partial charge in [-0.25, -0.2) is 10.0 Å². The van der Waals surface area contributed by atoms with Gasteiger partial charge in [0.2, 0.25) is 5.90 Å². The van der Waals surface area contributed by atoms with Gasteiger partial charge < -0.3 is 9.84 Å². The van der Waals surface area contributed by atoms with Crippen molar-refractivity contribution in [1.82, 2.24) is 0 Å². The third-order valence-electron chi connectivity index (χ3n) is 3.28. The highest BCUT2D eigenvalue weighted by Gasteiger charge is 2.33. The van der Waals surface area contributed by atoms with E-state index in [1.165, 1.54) is 0 Å². The Bertz CT molecular complexity index is 725. The maximum absolute atomic E-state index is 9.85. The number of fused-ring (bicyclic) bond motifs is 3. The smallest absolute Gasteiger partial charge is 0.291 e. The number of phenolic OH excluding ortho intramolecular Hbond substituents is 1. The minimum atomic E-state index is -0.500. The molecule has 0 aromatic heterocycles. The van der Waals surface area contributed by atoms with E-state index in [4.69, 9.17) is 4.74 Å². The standard InChI is InChI=1S/C15H11N3O2/c19-13-8-4-7-12-11(13)9-16-15-18(12)17-14(20-15)10-5-2-1-3-6-10/h1-9,15,19H. The maximum Gasteiger partial charge on any atom is 0.291 e. The van der Waals surface area contributed by atoms with E-state index in [2.05, 4.69) is 10.1 Å². The van der Waals surface area contributed by atoms with Crippen molar-refractivity contribution >= 4 is 17.8 Å². The molecule has 2 aliphatic heterocycles. The van der Waals surface area contributed by atoms with Crippen LogP contribution in [0.1, 0.15) is 11.1 Å². The summed E-state index contributed by atoms with van der Waals surface area (Å²) in [7, 11) is 0. The molecule has 20 heavy (non-hydrogen) atoms. The largest absolute Gasteiger partial charge is 0.507 e. The summed E-state index contributed by atoms with van der Waals surface area (Å²) in [5.41, 5.74) is 2.35. The normalized spacial score (nSPS) is 19.1. The van der Waals surface area contributed by atoms with Crippen LogP contribution in [0.3, 0.4) is 0 Å². The number of benzene rings is 2. The Labute approximate surface area is 115 Å². The fourth-order valence-corrected chi connectivity index (χ4v) is 2.31. The molecule has 1 atom stereocenters. The van der Waals surface area contributed by atoms with Crippen molar-refractivity contribution in [2.45, 2.75) is 6.35 Å². The van der Waals surface area contributed by atoms with Gasteiger partial charge in [0.1, 0.15) is 5.75 Å². The zero-order valence-electron chi connectivity index (χ0n) is 10.5. The van der Waals surface area contributed by atoms with Gasteiger partial charge in [0.15, 0.2) is 0 Å². The topological polar surface area (TPSA) is 57.4 Å². The van der Waals surface area contributed by atoms with E-state index in [0.29, 0.717) is 11.5 Å². The molecule has 2 aromatic rings. The number of aliphatic imine (C=N–C) groups is 1. The summed E-state index contributed by atoms with van der Waals surface area (Å²) in [6.45, 7) is 0. The van der Waals surface area contributed by atoms with Crippen LogP contribution in [-0.4, -0.2) is 23.6 Å². The van der Waals surface area contributed by atoms with E-state index in [0.717, 1.165) is 11.3 Å². The van der Waals surface area contributed by atoms with Crippen LogP contribution >= 0.6 is 0 Å². The lowest BCUT2D eigenvalue weighted by Crippen LogP contribution is -2.29. The Hall–Kier alpha value is -2.82. The monoisotopic (exact) mass is 265 g/mol. The van der Waals surface area contributed by atoms with Crippen LogP contribution in [-0.2, 0) is 4.74 Å². The fourth-order valence-electron chi connectivity index (χ4n) is 2.31. The minimum Gasteiger partial charge on any atom is -0.507 e. The summed E-state index contributed by atoms with van der Waals surface area (Å²) in [5, 5.41) is 16.0. The molecule has 2 aliphatic rings. The molecule has 0 radical (unpaired) electrons. The average molecular weight is 265 g/mol. The van der Waals surface area contributed by atoms with Crippen molar-refractivity contribution in [3.8, 4) is 5.75 Å². The maximum atomic E-state index is 9.85. The van der Waals surface area contributed by atoms with E-state index < -0.39 is 6.35 Å². The Morgan fingerprint density at radius 2 is 1.90 bits per heavy atom. The fraction of sp³-hybridized carbons (Fsp3) is 0.0667. The van der Waals surface area contributed by atoms with Crippen LogP contribution in [0.4, 0.5) is 5.69 Å². The predicted molar refractivity (Wildman–Crippen MR) is 76.0 cm³/mol. The Balaban J connectivity index is 1.79. The molecule has 2 heterocycles. The summed E-state index contributed by atoms with van der Waals surface area (Å²) in [6, 6.07) is 15.0. The summed E-state index contributed by atoms with van der Waals surface area (Å²) >= 11 is 0. The van der Waals surface area contributed by atoms with Crippen molar-refractivity contribution in [3.63, 3.8) is 0 Å². The molecule has 4 rings (SSSR count). The number of hydrogen-bond donors (Lipinski definition) is 1. The Kier molecular flexibility index (Phi) is 2.26. The third kappa shape index (κ3) is 1.56. The third-order valence-corrected chi connectivity index (χ3v) is 3.28. The minimum absolute atomic E-state index is 0.188. The quantitative estimate of drug-likeness (QED) is 0.860. The molecule has 0 aliphatic carbocycles. The van der Waals surface area contributed by atoms with E-state index in [-0.39, 0.29) is 5.75 Å². The summed E-state index contributed by atoms with van der Waals surface area (Å²) in [4.78, 5) is 4.27. The number of hydrogen-bond acceptors (Lipinski definition) is 5. The van der Waals surface area contributed by atoms with Gasteiger partial charge in [-0.1, -0.05) is 24.3 Å². The van der Waals surface area contributed by atoms with Crippen molar-refractivity contribution in [1.29, 1.82) is 0 Å². The van der Waals surface area contributed by atoms with Crippen molar-refractivity contribution in [3.05, 3.63) is 59.7 Å². The Morgan fingerprint density at radius 1 is 1.05 bits per heavy atom. The van der Waals surface area contributed by atoms with Gasteiger partial charge >= 0.3 is 0 Å². The molecule has 1 N–H and O–H groups in total. The first-order valence-electron chi connectivity index (χ1n) is 6.28. The molecule has 0 saturated carbocycles. The van der Waals surface area contributed by atoms with E-state index in [1.54, 1.807) is 23.4 Å². The lowest BCUT2D eigenvalue weighted by atomic mass is 10.1. The highest BCUT2D eigenvalue weighted by molar-refractivity contribution is 5.99. The second-order valence-corrected chi connectivity index (χ2v) is 4.55. The first-order chi connectivity index (χ1) is 9.83. The summed E-state index contributed by atoms with van der Waals surface area (Å²) in [6.07, 6.45) is 1.12. The number of rotatable bonds is 1. The highest BCUT2D eigenvalue weighted by atomic mass is 16.5. The van der Waals surface area contributed by atoms with E-state index in [1.807, 2.05) is 36.4 Å².